The van der Waals surface area contributed by atoms with Gasteiger partial charge in [-0.05, 0) is 32.4 Å². The average Bonchev–Trinajstić information content (AvgIpc) is 2.24. The molecule has 0 aliphatic carbocycles. The summed E-state index contributed by atoms with van der Waals surface area (Å²) in [6.07, 6.45) is 1.16. The number of ether oxygens (including phenoxy) is 1. The van der Waals surface area contributed by atoms with Crippen LogP contribution < -0.4 is 5.32 Å². The van der Waals surface area contributed by atoms with Crippen molar-refractivity contribution in [3.63, 3.8) is 0 Å². The Balaban J connectivity index is 2.99. The van der Waals surface area contributed by atoms with Crippen molar-refractivity contribution in [2.75, 3.05) is 31.6 Å². The van der Waals surface area contributed by atoms with Gasteiger partial charge in [0.05, 0.1) is 0 Å². The quantitative estimate of drug-likeness (QED) is 0.465. The Labute approximate surface area is 109 Å². The second-order valence-corrected chi connectivity index (χ2v) is 4.67. The average molecular weight is 320 g/mol. The zero-order valence-corrected chi connectivity index (χ0v) is 11.6. The largest absolute Gasteiger partial charge is 0.411 e. The van der Waals surface area contributed by atoms with Crippen LogP contribution >= 0.6 is 15.9 Å². The summed E-state index contributed by atoms with van der Waals surface area (Å²) >= 11 is 3.37. The van der Waals surface area contributed by atoms with E-state index in [1.54, 1.807) is 0 Å². The second kappa shape index (κ2) is 11.3. The van der Waals surface area contributed by atoms with Gasteiger partial charge >= 0.3 is 6.18 Å². The molecule has 0 aromatic heterocycles. The Morgan fingerprint density at radius 1 is 0.941 bits per heavy atom. The lowest BCUT2D eigenvalue weighted by Gasteiger charge is -2.08. The molecule has 0 fully saturated rings. The maximum atomic E-state index is 11.7. The Kier molecular flexibility index (Phi) is 11.4. The van der Waals surface area contributed by atoms with E-state index in [2.05, 4.69) is 26.0 Å². The molecule has 0 amide bonds. The summed E-state index contributed by atoms with van der Waals surface area (Å²) in [6.45, 7) is 0.674. The molecule has 0 atom stereocenters. The summed E-state index contributed by atoms with van der Waals surface area (Å²) in [6, 6.07) is 0. The highest BCUT2D eigenvalue weighted by Gasteiger charge is 2.26. The van der Waals surface area contributed by atoms with Crippen LogP contribution in [0.5, 0.6) is 0 Å². The van der Waals surface area contributed by atoms with E-state index in [9.17, 15) is 13.2 Å². The van der Waals surface area contributed by atoms with Crippen molar-refractivity contribution in [1.29, 1.82) is 0 Å². The third-order valence-corrected chi connectivity index (χ3v) is 2.71. The van der Waals surface area contributed by atoms with Gasteiger partial charge in [-0.3, -0.25) is 0 Å². The molecule has 0 bridgehead atoms. The fourth-order valence-corrected chi connectivity index (χ4v) is 1.71. The van der Waals surface area contributed by atoms with Gasteiger partial charge in [0.15, 0.2) is 0 Å². The molecule has 1 N–H and O–H groups in total. The molecular formula is C11H21BrF3NO. The van der Waals surface area contributed by atoms with Crippen LogP contribution in [0.15, 0.2) is 0 Å². The van der Waals surface area contributed by atoms with Crippen LogP contribution in [0.1, 0.15) is 32.1 Å². The van der Waals surface area contributed by atoms with Gasteiger partial charge in [0.2, 0.25) is 0 Å². The standard InChI is InChI=1S/C11H21BrF3NO/c12-6-3-1-2-4-7-16-8-5-9-17-10-11(13,14)15/h16H,1-10H2. The zero-order chi connectivity index (χ0) is 13.0. The molecule has 6 heteroatoms. The van der Waals surface area contributed by atoms with Crippen LogP contribution in [0.4, 0.5) is 13.2 Å². The normalized spacial score (nSPS) is 12.0. The van der Waals surface area contributed by atoms with Gasteiger partial charge in [-0.15, -0.1) is 0 Å². The van der Waals surface area contributed by atoms with Gasteiger partial charge in [-0.2, -0.15) is 13.2 Å². The molecule has 0 aliphatic rings. The Hall–Kier alpha value is 0.190. The summed E-state index contributed by atoms with van der Waals surface area (Å²) in [5, 5.41) is 4.24. The van der Waals surface area contributed by atoms with Gasteiger partial charge in [0, 0.05) is 11.9 Å². The summed E-state index contributed by atoms with van der Waals surface area (Å²) in [4.78, 5) is 0. The lowest BCUT2D eigenvalue weighted by Crippen LogP contribution is -2.21. The molecule has 2 nitrogen and oxygen atoms in total. The predicted octanol–water partition coefficient (Wildman–Crippen LogP) is 3.50. The minimum Gasteiger partial charge on any atom is -0.372 e. The molecule has 0 saturated heterocycles. The maximum Gasteiger partial charge on any atom is 0.411 e. The first-order chi connectivity index (χ1) is 8.06. The highest BCUT2D eigenvalue weighted by molar-refractivity contribution is 9.09. The van der Waals surface area contributed by atoms with E-state index in [1.807, 2.05) is 0 Å². The van der Waals surface area contributed by atoms with Crippen molar-refractivity contribution >= 4 is 15.9 Å². The van der Waals surface area contributed by atoms with Crippen molar-refractivity contribution in [1.82, 2.24) is 5.32 Å². The molecule has 0 aromatic carbocycles. The van der Waals surface area contributed by atoms with Gasteiger partial charge in [-0.25, -0.2) is 0 Å². The number of hydrogen-bond donors (Lipinski definition) is 1. The topological polar surface area (TPSA) is 21.3 Å². The van der Waals surface area contributed by atoms with Gasteiger partial charge in [0.25, 0.3) is 0 Å². The lowest BCUT2D eigenvalue weighted by molar-refractivity contribution is -0.173. The van der Waals surface area contributed by atoms with E-state index in [0.29, 0.717) is 6.42 Å². The lowest BCUT2D eigenvalue weighted by atomic mass is 10.2. The van der Waals surface area contributed by atoms with Crippen molar-refractivity contribution in [2.24, 2.45) is 0 Å². The smallest absolute Gasteiger partial charge is 0.372 e. The van der Waals surface area contributed by atoms with Gasteiger partial charge in [0.1, 0.15) is 6.61 Å². The van der Waals surface area contributed by atoms with E-state index < -0.39 is 12.8 Å². The van der Waals surface area contributed by atoms with Crippen molar-refractivity contribution in [3.8, 4) is 0 Å². The van der Waals surface area contributed by atoms with Crippen LogP contribution in [0.3, 0.4) is 0 Å². The van der Waals surface area contributed by atoms with E-state index >= 15 is 0 Å². The minimum absolute atomic E-state index is 0.163. The molecular weight excluding hydrogens is 299 g/mol. The third-order valence-electron chi connectivity index (χ3n) is 2.15. The maximum absolute atomic E-state index is 11.7. The molecule has 0 rings (SSSR count). The van der Waals surface area contributed by atoms with Gasteiger partial charge < -0.3 is 10.1 Å². The van der Waals surface area contributed by atoms with Crippen LogP contribution in [-0.2, 0) is 4.74 Å². The molecule has 0 unspecified atom stereocenters. The SMILES string of the molecule is FC(F)(F)COCCCNCCCCCCBr. The molecule has 0 aliphatic heterocycles. The van der Waals surface area contributed by atoms with E-state index in [-0.39, 0.29) is 6.61 Å². The molecule has 17 heavy (non-hydrogen) atoms. The number of halogens is 4. The van der Waals surface area contributed by atoms with Crippen molar-refractivity contribution in [3.05, 3.63) is 0 Å². The Morgan fingerprint density at radius 3 is 2.24 bits per heavy atom. The monoisotopic (exact) mass is 319 g/mol. The van der Waals surface area contributed by atoms with Gasteiger partial charge in [-0.1, -0.05) is 28.8 Å². The van der Waals surface area contributed by atoms with Crippen LogP contribution in [-0.4, -0.2) is 37.8 Å². The minimum atomic E-state index is -4.21. The van der Waals surface area contributed by atoms with Crippen LogP contribution in [0.2, 0.25) is 0 Å². The number of rotatable bonds is 11. The summed E-state index contributed by atoms with van der Waals surface area (Å²) in [5.74, 6) is 0. The molecule has 0 aromatic rings. The molecule has 0 heterocycles. The van der Waals surface area contributed by atoms with Crippen molar-refractivity contribution in [2.45, 2.75) is 38.3 Å². The second-order valence-electron chi connectivity index (χ2n) is 3.87. The first-order valence-corrected chi connectivity index (χ1v) is 7.09. The van der Waals surface area contributed by atoms with Crippen molar-refractivity contribution < 1.29 is 17.9 Å². The number of hydrogen-bond acceptors (Lipinski definition) is 2. The highest BCUT2D eigenvalue weighted by Crippen LogP contribution is 2.14. The Bertz CT molecular complexity index is 167. The number of unbranched alkanes of at least 4 members (excludes halogenated alkanes) is 3. The summed E-state index contributed by atoms with van der Waals surface area (Å²) in [5.41, 5.74) is 0. The molecule has 104 valence electrons. The van der Waals surface area contributed by atoms with E-state index in [1.165, 1.54) is 19.3 Å². The third kappa shape index (κ3) is 16.2. The fraction of sp³-hybridized carbons (Fsp3) is 1.00. The number of nitrogens with one attached hydrogen (secondary N) is 1. The number of alkyl halides is 4. The first kappa shape index (κ1) is 17.2. The van der Waals surface area contributed by atoms with Crippen LogP contribution in [0, 0.1) is 0 Å². The fourth-order valence-electron chi connectivity index (χ4n) is 1.31. The highest BCUT2D eigenvalue weighted by atomic mass is 79.9. The molecule has 0 saturated carbocycles. The Morgan fingerprint density at radius 2 is 1.59 bits per heavy atom. The first-order valence-electron chi connectivity index (χ1n) is 5.97. The molecule has 0 radical (unpaired) electrons. The van der Waals surface area contributed by atoms with Crippen LogP contribution in [0.25, 0.3) is 0 Å². The van der Waals surface area contributed by atoms with E-state index in [0.717, 1.165) is 24.8 Å². The summed E-state index contributed by atoms with van der Waals surface area (Å²) in [7, 11) is 0. The molecule has 0 spiro atoms. The zero-order valence-electron chi connectivity index (χ0n) is 9.99. The van der Waals surface area contributed by atoms with E-state index in [4.69, 9.17) is 0 Å². The summed E-state index contributed by atoms with van der Waals surface area (Å²) < 4.78 is 39.6. The predicted molar refractivity (Wildman–Crippen MR) is 66.6 cm³/mol.